The predicted octanol–water partition coefficient (Wildman–Crippen LogP) is 2.07. The summed E-state index contributed by atoms with van der Waals surface area (Å²) in [6, 6.07) is 6.08. The molecule has 6 heteroatoms. The van der Waals surface area contributed by atoms with Crippen molar-refractivity contribution in [3.63, 3.8) is 0 Å². The van der Waals surface area contributed by atoms with Crippen LogP contribution in [0.1, 0.15) is 38.2 Å². The third kappa shape index (κ3) is 6.16. The zero-order valence-corrected chi connectivity index (χ0v) is 15.6. The molecule has 1 fully saturated rings. The highest BCUT2D eigenvalue weighted by Gasteiger charge is 2.19. The Hall–Kier alpha value is -2.39. The van der Waals surface area contributed by atoms with Gasteiger partial charge in [0, 0.05) is 12.6 Å². The second-order valence-corrected chi connectivity index (χ2v) is 6.32. The van der Waals surface area contributed by atoms with Crippen molar-refractivity contribution in [1.82, 2.24) is 10.6 Å². The van der Waals surface area contributed by atoms with Gasteiger partial charge in [-0.25, -0.2) is 4.99 Å². The first-order chi connectivity index (χ1) is 12.7. The molecular formula is C20H29N3O3. The summed E-state index contributed by atoms with van der Waals surface area (Å²) in [4.78, 5) is 4.67. The molecule has 0 bridgehead atoms. The van der Waals surface area contributed by atoms with Gasteiger partial charge in [0.1, 0.15) is 6.61 Å². The van der Waals surface area contributed by atoms with Crippen molar-refractivity contribution in [3.8, 4) is 23.8 Å². The number of nitrogens with zero attached hydrogens (tertiary/aromatic N) is 1. The lowest BCUT2D eigenvalue weighted by atomic mass is 9.93. The van der Waals surface area contributed by atoms with Crippen molar-refractivity contribution in [2.24, 2.45) is 4.99 Å². The Balaban J connectivity index is 2.02. The van der Waals surface area contributed by atoms with Gasteiger partial charge < -0.3 is 25.2 Å². The van der Waals surface area contributed by atoms with Crippen LogP contribution in [0.25, 0.3) is 0 Å². The second-order valence-electron chi connectivity index (χ2n) is 6.32. The molecule has 3 N–H and O–H groups in total. The van der Waals surface area contributed by atoms with Crippen LogP contribution >= 0.6 is 0 Å². The Kier molecular flexibility index (Phi) is 8.10. The van der Waals surface area contributed by atoms with Crippen LogP contribution in [-0.2, 0) is 6.54 Å². The van der Waals surface area contributed by atoms with E-state index in [9.17, 15) is 5.11 Å². The Morgan fingerprint density at radius 3 is 2.73 bits per heavy atom. The SMILES string of the molecule is C#CCOc1cc(CN=C(NCC)NC2CCC(O)CC2)ccc1OC. The summed E-state index contributed by atoms with van der Waals surface area (Å²) in [6.45, 7) is 3.54. The number of rotatable bonds is 7. The molecule has 142 valence electrons. The van der Waals surface area contributed by atoms with Crippen LogP contribution in [0.5, 0.6) is 11.5 Å². The van der Waals surface area contributed by atoms with Gasteiger partial charge in [0.05, 0.1) is 19.8 Å². The molecule has 0 saturated heterocycles. The highest BCUT2D eigenvalue weighted by Crippen LogP contribution is 2.28. The maximum Gasteiger partial charge on any atom is 0.191 e. The molecule has 0 aromatic heterocycles. The third-order valence-corrected chi connectivity index (χ3v) is 4.34. The Bertz CT molecular complexity index is 632. The number of terminal acetylenes is 1. The first-order valence-electron chi connectivity index (χ1n) is 9.12. The van der Waals surface area contributed by atoms with Gasteiger partial charge in [-0.3, -0.25) is 0 Å². The number of methoxy groups -OCH3 is 1. The maximum absolute atomic E-state index is 9.64. The summed E-state index contributed by atoms with van der Waals surface area (Å²) in [5.74, 6) is 4.52. The van der Waals surface area contributed by atoms with Gasteiger partial charge in [-0.15, -0.1) is 6.42 Å². The summed E-state index contributed by atoms with van der Waals surface area (Å²) >= 11 is 0. The fourth-order valence-electron chi connectivity index (χ4n) is 2.96. The number of benzene rings is 1. The second kappa shape index (κ2) is 10.6. The van der Waals surface area contributed by atoms with Crippen molar-refractivity contribution in [2.45, 2.75) is 51.3 Å². The van der Waals surface area contributed by atoms with Crippen LogP contribution in [-0.4, -0.2) is 43.5 Å². The van der Waals surface area contributed by atoms with Gasteiger partial charge >= 0.3 is 0 Å². The summed E-state index contributed by atoms with van der Waals surface area (Å²) in [6.07, 6.45) is 8.70. The topological polar surface area (TPSA) is 75.1 Å². The van der Waals surface area contributed by atoms with E-state index in [1.807, 2.05) is 25.1 Å². The molecule has 6 nitrogen and oxygen atoms in total. The van der Waals surface area contributed by atoms with Crippen molar-refractivity contribution >= 4 is 5.96 Å². The van der Waals surface area contributed by atoms with Gasteiger partial charge in [-0.05, 0) is 50.3 Å². The van der Waals surface area contributed by atoms with Gasteiger partial charge in [0.25, 0.3) is 0 Å². The molecule has 1 aliphatic carbocycles. The molecule has 1 aromatic rings. The largest absolute Gasteiger partial charge is 0.493 e. The van der Waals surface area contributed by atoms with Crippen LogP contribution < -0.4 is 20.1 Å². The summed E-state index contributed by atoms with van der Waals surface area (Å²) in [5.41, 5.74) is 1.01. The van der Waals surface area contributed by atoms with Crippen molar-refractivity contribution in [3.05, 3.63) is 23.8 Å². The molecule has 0 radical (unpaired) electrons. The molecule has 0 unspecified atom stereocenters. The van der Waals surface area contributed by atoms with Gasteiger partial charge in [-0.2, -0.15) is 0 Å². The van der Waals surface area contributed by atoms with Crippen LogP contribution in [0.15, 0.2) is 23.2 Å². The maximum atomic E-state index is 9.64. The minimum atomic E-state index is -0.159. The first-order valence-corrected chi connectivity index (χ1v) is 9.12. The highest BCUT2D eigenvalue weighted by molar-refractivity contribution is 5.80. The van der Waals surface area contributed by atoms with Crippen molar-refractivity contribution < 1.29 is 14.6 Å². The standard InChI is InChI=1S/C20H29N3O3/c1-4-12-26-19-13-15(6-11-18(19)25-3)14-22-20(21-5-2)23-16-7-9-17(24)10-8-16/h1,6,11,13,16-17,24H,5,7-10,12,14H2,2-3H3,(H2,21,22,23). The van der Waals surface area contributed by atoms with Gasteiger partial charge in [0.15, 0.2) is 17.5 Å². The molecule has 1 saturated carbocycles. The van der Waals surface area contributed by atoms with E-state index in [1.165, 1.54) is 0 Å². The molecule has 1 aromatic carbocycles. The average molecular weight is 359 g/mol. The number of nitrogens with one attached hydrogen (secondary N) is 2. The lowest BCUT2D eigenvalue weighted by Crippen LogP contribution is -2.45. The monoisotopic (exact) mass is 359 g/mol. The third-order valence-electron chi connectivity index (χ3n) is 4.34. The number of ether oxygens (including phenoxy) is 2. The molecule has 0 aliphatic heterocycles. The van der Waals surface area contributed by atoms with E-state index in [0.717, 1.165) is 43.8 Å². The van der Waals surface area contributed by atoms with Crippen LogP contribution in [0.2, 0.25) is 0 Å². The van der Waals surface area contributed by atoms with Crippen LogP contribution in [0, 0.1) is 12.3 Å². The number of aliphatic hydroxyl groups excluding tert-OH is 1. The Labute approximate surface area is 156 Å². The number of guanidine groups is 1. The molecule has 0 amide bonds. The number of aliphatic hydroxyl groups is 1. The lowest BCUT2D eigenvalue weighted by Gasteiger charge is -2.27. The van der Waals surface area contributed by atoms with Gasteiger partial charge in [0.2, 0.25) is 0 Å². The molecule has 1 aliphatic rings. The zero-order valence-electron chi connectivity index (χ0n) is 15.6. The molecule has 26 heavy (non-hydrogen) atoms. The van der Waals surface area contributed by atoms with E-state index in [0.29, 0.717) is 24.1 Å². The smallest absolute Gasteiger partial charge is 0.191 e. The lowest BCUT2D eigenvalue weighted by molar-refractivity contribution is 0.120. The molecule has 0 spiro atoms. The minimum Gasteiger partial charge on any atom is -0.493 e. The van der Waals surface area contributed by atoms with E-state index in [4.69, 9.17) is 15.9 Å². The predicted molar refractivity (Wildman–Crippen MR) is 104 cm³/mol. The van der Waals surface area contributed by atoms with E-state index < -0.39 is 0 Å². The molecule has 0 atom stereocenters. The van der Waals surface area contributed by atoms with E-state index in [1.54, 1.807) is 7.11 Å². The average Bonchev–Trinajstić information content (AvgIpc) is 2.66. The summed E-state index contributed by atoms with van der Waals surface area (Å²) < 4.78 is 10.8. The van der Waals surface area contributed by atoms with Crippen LogP contribution in [0.3, 0.4) is 0 Å². The number of hydrogen-bond donors (Lipinski definition) is 3. The van der Waals surface area contributed by atoms with Crippen LogP contribution in [0.4, 0.5) is 0 Å². The van der Waals surface area contributed by atoms with Crippen molar-refractivity contribution in [2.75, 3.05) is 20.3 Å². The van der Waals surface area contributed by atoms with E-state index in [2.05, 4.69) is 21.5 Å². The fourth-order valence-corrected chi connectivity index (χ4v) is 2.96. The van der Waals surface area contributed by atoms with Crippen molar-refractivity contribution in [1.29, 1.82) is 0 Å². The fraction of sp³-hybridized carbons (Fsp3) is 0.550. The van der Waals surface area contributed by atoms with E-state index >= 15 is 0 Å². The number of hydrogen-bond acceptors (Lipinski definition) is 4. The summed E-state index contributed by atoms with van der Waals surface area (Å²) in [7, 11) is 1.60. The first kappa shape index (κ1) is 19.9. The Morgan fingerprint density at radius 2 is 2.08 bits per heavy atom. The summed E-state index contributed by atoms with van der Waals surface area (Å²) in [5, 5.41) is 16.4. The normalized spacial score (nSPS) is 20.2. The van der Waals surface area contributed by atoms with Gasteiger partial charge in [-0.1, -0.05) is 12.0 Å². The quantitative estimate of drug-likeness (QED) is 0.395. The Morgan fingerprint density at radius 1 is 1.31 bits per heavy atom. The number of aliphatic imine (C=N–C) groups is 1. The zero-order chi connectivity index (χ0) is 18.8. The highest BCUT2D eigenvalue weighted by atomic mass is 16.5. The van der Waals surface area contributed by atoms with E-state index in [-0.39, 0.29) is 12.7 Å². The molecule has 0 heterocycles. The molecule has 2 rings (SSSR count). The minimum absolute atomic E-state index is 0.159. The molecular weight excluding hydrogens is 330 g/mol.